The van der Waals surface area contributed by atoms with Crippen LogP contribution in [0.25, 0.3) is 0 Å². The van der Waals surface area contributed by atoms with Gasteiger partial charge in [0.15, 0.2) is 11.4 Å². The molecule has 0 fully saturated rings. The Morgan fingerprint density at radius 3 is 2.50 bits per heavy atom. The first kappa shape index (κ1) is 8.69. The van der Waals surface area contributed by atoms with Gasteiger partial charge in [0.2, 0.25) is 0 Å². The summed E-state index contributed by atoms with van der Waals surface area (Å²) in [5.74, 6) is 5.58. The van der Waals surface area contributed by atoms with Gasteiger partial charge in [-0.1, -0.05) is 5.92 Å². The fraction of sp³-hybridized carbons (Fsp3) is 0.333. The lowest BCUT2D eigenvalue weighted by atomic mass is 10.1. The average Bonchev–Trinajstić information content (AvgIpc) is 2.06. The minimum atomic E-state index is -1.24. The van der Waals surface area contributed by atoms with Crippen molar-refractivity contribution in [2.75, 3.05) is 0 Å². The highest BCUT2D eigenvalue weighted by Gasteiger charge is 2.22. The maximum Gasteiger partial charge on any atom is 0.182 e. The number of nitrogens with zero attached hydrogens (tertiary/aromatic N) is 2. The zero-order chi connectivity index (χ0) is 9.03. The molecule has 0 aliphatic carbocycles. The Morgan fingerprint density at radius 1 is 1.42 bits per heavy atom. The van der Waals surface area contributed by atoms with Crippen LogP contribution in [-0.4, -0.2) is 15.1 Å². The molecule has 0 radical (unpaired) electrons. The van der Waals surface area contributed by atoms with E-state index >= 15 is 0 Å². The molecule has 12 heavy (non-hydrogen) atoms. The molecule has 0 spiro atoms. The number of hydrogen-bond donors (Lipinski definition) is 1. The summed E-state index contributed by atoms with van der Waals surface area (Å²) in [5, 5.41) is 9.69. The van der Waals surface area contributed by atoms with Crippen LogP contribution >= 0.6 is 0 Å². The molecule has 3 heteroatoms. The molecule has 3 nitrogen and oxygen atoms in total. The van der Waals surface area contributed by atoms with Crippen LogP contribution in [0.15, 0.2) is 18.5 Å². The summed E-state index contributed by atoms with van der Waals surface area (Å²) < 4.78 is 0. The highest BCUT2D eigenvalue weighted by Crippen LogP contribution is 2.13. The number of aliphatic hydroxyl groups is 1. The lowest BCUT2D eigenvalue weighted by molar-refractivity contribution is 0.112. The van der Waals surface area contributed by atoms with Crippen LogP contribution in [0, 0.1) is 11.8 Å². The SMILES string of the molecule is CC#C[C@@](C)(O)c1ncccn1. The predicted octanol–water partition coefficient (Wildman–Crippen LogP) is 0.707. The van der Waals surface area contributed by atoms with E-state index in [4.69, 9.17) is 0 Å². The number of hydrogen-bond acceptors (Lipinski definition) is 3. The monoisotopic (exact) mass is 162 g/mol. The summed E-state index contributed by atoms with van der Waals surface area (Å²) in [5.41, 5.74) is -1.24. The van der Waals surface area contributed by atoms with Crippen molar-refractivity contribution in [3.05, 3.63) is 24.3 Å². The largest absolute Gasteiger partial charge is 0.371 e. The molecule has 1 aromatic rings. The highest BCUT2D eigenvalue weighted by molar-refractivity contribution is 5.18. The Labute approximate surface area is 71.5 Å². The topological polar surface area (TPSA) is 46.0 Å². The molecular weight excluding hydrogens is 152 g/mol. The molecule has 1 aromatic heterocycles. The molecule has 1 heterocycles. The summed E-state index contributed by atoms with van der Waals surface area (Å²) in [6.45, 7) is 3.23. The normalized spacial score (nSPS) is 14.2. The van der Waals surface area contributed by atoms with E-state index in [1.165, 1.54) is 0 Å². The van der Waals surface area contributed by atoms with E-state index in [1.54, 1.807) is 32.3 Å². The van der Waals surface area contributed by atoms with Crippen molar-refractivity contribution in [3.63, 3.8) is 0 Å². The van der Waals surface area contributed by atoms with Crippen molar-refractivity contribution in [1.82, 2.24) is 9.97 Å². The van der Waals surface area contributed by atoms with E-state index in [1.807, 2.05) is 0 Å². The predicted molar refractivity (Wildman–Crippen MR) is 45.1 cm³/mol. The van der Waals surface area contributed by atoms with Crippen LogP contribution in [0.4, 0.5) is 0 Å². The average molecular weight is 162 g/mol. The third-order valence-corrected chi connectivity index (χ3v) is 1.37. The van der Waals surface area contributed by atoms with Gasteiger partial charge in [0, 0.05) is 12.4 Å². The molecule has 0 aliphatic heterocycles. The molecule has 1 rings (SSSR count). The van der Waals surface area contributed by atoms with E-state index in [2.05, 4.69) is 21.8 Å². The van der Waals surface area contributed by atoms with Crippen molar-refractivity contribution in [2.24, 2.45) is 0 Å². The fourth-order valence-electron chi connectivity index (χ4n) is 0.850. The molecule has 0 unspecified atom stereocenters. The van der Waals surface area contributed by atoms with Crippen LogP contribution in [-0.2, 0) is 5.60 Å². The minimum Gasteiger partial charge on any atom is -0.371 e. The zero-order valence-corrected chi connectivity index (χ0v) is 7.07. The van der Waals surface area contributed by atoms with Crippen LogP contribution in [0.3, 0.4) is 0 Å². The van der Waals surface area contributed by atoms with Crippen molar-refractivity contribution >= 4 is 0 Å². The lowest BCUT2D eigenvalue weighted by Crippen LogP contribution is -2.21. The third kappa shape index (κ3) is 1.80. The standard InChI is InChI=1S/C9H10N2O/c1-3-5-9(2,12)8-10-6-4-7-11-8/h4,6-7,12H,1-2H3/t9-/m1/s1. The molecule has 0 saturated heterocycles. The highest BCUT2D eigenvalue weighted by atomic mass is 16.3. The van der Waals surface area contributed by atoms with Gasteiger partial charge in [-0.25, -0.2) is 9.97 Å². The molecule has 62 valence electrons. The number of rotatable bonds is 1. The van der Waals surface area contributed by atoms with Crippen molar-refractivity contribution in [2.45, 2.75) is 19.4 Å². The molecule has 0 bridgehead atoms. The van der Waals surface area contributed by atoms with E-state index in [-0.39, 0.29) is 0 Å². The van der Waals surface area contributed by atoms with Gasteiger partial charge in [0.1, 0.15) is 0 Å². The van der Waals surface area contributed by atoms with Crippen LogP contribution in [0.5, 0.6) is 0 Å². The Morgan fingerprint density at radius 2 is 2.00 bits per heavy atom. The van der Waals surface area contributed by atoms with Gasteiger partial charge >= 0.3 is 0 Å². The van der Waals surface area contributed by atoms with E-state index in [9.17, 15) is 5.11 Å². The zero-order valence-electron chi connectivity index (χ0n) is 7.07. The third-order valence-electron chi connectivity index (χ3n) is 1.37. The van der Waals surface area contributed by atoms with Gasteiger partial charge in [-0.2, -0.15) is 0 Å². The Kier molecular flexibility index (Phi) is 2.41. The second-order valence-electron chi connectivity index (χ2n) is 2.52. The van der Waals surface area contributed by atoms with Crippen molar-refractivity contribution in [1.29, 1.82) is 0 Å². The van der Waals surface area contributed by atoms with Crippen LogP contribution < -0.4 is 0 Å². The summed E-state index contributed by atoms with van der Waals surface area (Å²) in [6, 6.07) is 1.69. The van der Waals surface area contributed by atoms with Crippen LogP contribution in [0.2, 0.25) is 0 Å². The summed E-state index contributed by atoms with van der Waals surface area (Å²) in [6.07, 6.45) is 3.16. The summed E-state index contributed by atoms with van der Waals surface area (Å²) in [7, 11) is 0. The Balaban J connectivity index is 3.03. The van der Waals surface area contributed by atoms with E-state index < -0.39 is 5.60 Å². The van der Waals surface area contributed by atoms with Gasteiger partial charge in [-0.05, 0) is 19.9 Å². The molecule has 0 saturated carbocycles. The van der Waals surface area contributed by atoms with Gasteiger partial charge in [-0.15, -0.1) is 5.92 Å². The maximum atomic E-state index is 9.69. The molecular formula is C9H10N2O. The summed E-state index contributed by atoms with van der Waals surface area (Å²) >= 11 is 0. The first-order valence-electron chi connectivity index (χ1n) is 3.60. The van der Waals surface area contributed by atoms with Gasteiger partial charge in [0.05, 0.1) is 0 Å². The van der Waals surface area contributed by atoms with Gasteiger partial charge in [0.25, 0.3) is 0 Å². The molecule has 1 N–H and O–H groups in total. The van der Waals surface area contributed by atoms with Crippen LogP contribution in [0.1, 0.15) is 19.7 Å². The van der Waals surface area contributed by atoms with E-state index in [0.717, 1.165) is 0 Å². The minimum absolute atomic E-state index is 0.333. The van der Waals surface area contributed by atoms with Gasteiger partial charge in [-0.3, -0.25) is 0 Å². The smallest absolute Gasteiger partial charge is 0.182 e. The second kappa shape index (κ2) is 3.33. The van der Waals surface area contributed by atoms with Gasteiger partial charge < -0.3 is 5.11 Å². The quantitative estimate of drug-likeness (QED) is 0.618. The lowest BCUT2D eigenvalue weighted by Gasteiger charge is -2.13. The molecule has 0 aliphatic rings. The molecule has 1 atom stereocenters. The fourth-order valence-corrected chi connectivity index (χ4v) is 0.850. The van der Waals surface area contributed by atoms with E-state index in [0.29, 0.717) is 5.82 Å². The Bertz CT molecular complexity index is 308. The first-order valence-corrected chi connectivity index (χ1v) is 3.60. The maximum absolute atomic E-state index is 9.69. The second-order valence-corrected chi connectivity index (χ2v) is 2.52. The Hall–Kier alpha value is -1.40. The number of aromatic nitrogens is 2. The summed E-state index contributed by atoms with van der Waals surface area (Å²) in [4.78, 5) is 7.81. The first-order chi connectivity index (χ1) is 5.67. The van der Waals surface area contributed by atoms with Crippen molar-refractivity contribution < 1.29 is 5.11 Å². The van der Waals surface area contributed by atoms with Crippen molar-refractivity contribution in [3.8, 4) is 11.8 Å². The molecule has 0 aromatic carbocycles. The molecule has 0 amide bonds.